The van der Waals surface area contributed by atoms with Crippen LogP contribution in [0.25, 0.3) is 0 Å². The lowest BCUT2D eigenvalue weighted by molar-refractivity contribution is 0.0341. The average molecular weight is 657 g/mol. The monoisotopic (exact) mass is 655 g/mol. The lowest BCUT2D eigenvalue weighted by Gasteiger charge is -2.27. The first kappa shape index (κ1) is 30.0. The quantitative estimate of drug-likeness (QED) is 0.222. The van der Waals surface area contributed by atoms with Crippen LogP contribution in [-0.4, -0.2) is 19.4 Å². The van der Waals surface area contributed by atoms with Crippen molar-refractivity contribution in [2.45, 2.75) is 43.5 Å². The molecule has 2 atom stereocenters. The van der Waals surface area contributed by atoms with Gasteiger partial charge in [-0.2, -0.15) is 8.78 Å². The van der Waals surface area contributed by atoms with Crippen molar-refractivity contribution in [3.8, 4) is 0 Å². The molecule has 1 N–H and O–H groups in total. The van der Waals surface area contributed by atoms with E-state index in [1.807, 2.05) is 0 Å². The SMILES string of the molecule is CCC(C)OP(=O)(O)C(F)(F)c1ccc(CN(c2ccc(Cl)c(Cl)c2)S(=O)(=O)c2ccccc2)cc1Br. The minimum atomic E-state index is -5.38. The zero-order chi connectivity index (χ0) is 27.6. The van der Waals surface area contributed by atoms with E-state index < -0.39 is 35.0 Å². The van der Waals surface area contributed by atoms with Gasteiger partial charge in [-0.25, -0.2) is 8.42 Å². The fraction of sp³-hybridized carbons (Fsp3) is 0.250. The minimum absolute atomic E-state index is 0.00621. The van der Waals surface area contributed by atoms with Gasteiger partial charge in [-0.1, -0.05) is 76.4 Å². The summed E-state index contributed by atoms with van der Waals surface area (Å²) < 4.78 is 75.2. The molecular weight excluding hydrogens is 634 g/mol. The van der Waals surface area contributed by atoms with E-state index in [-0.39, 0.29) is 38.1 Å². The second-order valence-electron chi connectivity index (χ2n) is 8.12. The summed E-state index contributed by atoms with van der Waals surface area (Å²) in [6.45, 7) is 2.79. The van der Waals surface area contributed by atoms with E-state index in [9.17, 15) is 17.9 Å². The predicted octanol–water partition coefficient (Wildman–Crippen LogP) is 8.20. The van der Waals surface area contributed by atoms with Crippen molar-refractivity contribution in [3.05, 3.63) is 92.4 Å². The van der Waals surface area contributed by atoms with E-state index in [0.29, 0.717) is 5.56 Å². The summed E-state index contributed by atoms with van der Waals surface area (Å²) >= 11 is 15.2. The first-order chi connectivity index (χ1) is 17.2. The van der Waals surface area contributed by atoms with E-state index >= 15 is 8.78 Å². The number of benzene rings is 3. The molecule has 0 radical (unpaired) electrons. The van der Waals surface area contributed by atoms with Crippen LogP contribution in [-0.2, 0) is 31.3 Å². The highest BCUT2D eigenvalue weighted by molar-refractivity contribution is 9.10. The van der Waals surface area contributed by atoms with Gasteiger partial charge in [0.05, 0.1) is 33.3 Å². The van der Waals surface area contributed by atoms with Gasteiger partial charge in [-0.05, 0) is 55.3 Å². The zero-order valence-corrected chi connectivity index (χ0v) is 24.4. The lowest BCUT2D eigenvalue weighted by atomic mass is 10.1. The molecule has 3 aromatic carbocycles. The van der Waals surface area contributed by atoms with Crippen molar-refractivity contribution in [2.24, 2.45) is 0 Å². The molecule has 0 bridgehead atoms. The van der Waals surface area contributed by atoms with Crippen molar-refractivity contribution in [1.29, 1.82) is 0 Å². The molecule has 0 saturated carbocycles. The maximum atomic E-state index is 15.0. The molecule has 0 aliphatic carbocycles. The summed E-state index contributed by atoms with van der Waals surface area (Å²) in [4.78, 5) is 10.0. The summed E-state index contributed by atoms with van der Waals surface area (Å²) in [5.41, 5.74) is -4.47. The number of hydrogen-bond donors (Lipinski definition) is 1. The molecular formula is C24H23BrCl2F2NO5PS. The van der Waals surface area contributed by atoms with Crippen molar-refractivity contribution >= 4 is 62.4 Å². The summed E-state index contributed by atoms with van der Waals surface area (Å²) in [6.07, 6.45) is -0.594. The van der Waals surface area contributed by atoms with Crippen LogP contribution in [0.4, 0.5) is 14.5 Å². The van der Waals surface area contributed by atoms with E-state index in [1.165, 1.54) is 49.4 Å². The minimum Gasteiger partial charge on any atom is -0.320 e. The van der Waals surface area contributed by atoms with Crippen LogP contribution < -0.4 is 4.31 Å². The molecule has 37 heavy (non-hydrogen) atoms. The van der Waals surface area contributed by atoms with Crippen LogP contribution in [0.5, 0.6) is 0 Å². The molecule has 13 heteroatoms. The van der Waals surface area contributed by atoms with Crippen LogP contribution >= 0.6 is 46.7 Å². The Morgan fingerprint density at radius 1 is 1.08 bits per heavy atom. The third-order valence-corrected chi connectivity index (χ3v) is 10.2. The molecule has 200 valence electrons. The summed E-state index contributed by atoms with van der Waals surface area (Å²) in [7, 11) is -9.49. The van der Waals surface area contributed by atoms with Gasteiger partial charge < -0.3 is 9.42 Å². The molecule has 0 spiro atoms. The molecule has 0 heterocycles. The highest BCUT2D eigenvalue weighted by Crippen LogP contribution is 2.64. The standard InChI is InChI=1S/C24H23BrCl2F2NO5PS/c1-3-16(2)35-36(31,32)24(28,29)20-11-9-17(13-21(20)25)15-30(18-10-12-22(26)23(27)14-18)37(33,34)19-7-5-4-6-8-19/h4-14,16H,3,15H2,1-2H3,(H,31,32). The number of sulfonamides is 1. The Kier molecular flexibility index (Phi) is 9.49. The third-order valence-electron chi connectivity index (χ3n) is 5.46. The van der Waals surface area contributed by atoms with Gasteiger partial charge in [0.15, 0.2) is 0 Å². The molecule has 3 aromatic rings. The van der Waals surface area contributed by atoms with Gasteiger partial charge in [0.25, 0.3) is 10.0 Å². The molecule has 2 unspecified atom stereocenters. The fourth-order valence-corrected chi connectivity index (χ4v) is 7.13. The van der Waals surface area contributed by atoms with E-state index in [4.69, 9.17) is 27.7 Å². The van der Waals surface area contributed by atoms with Crippen LogP contribution in [0, 0.1) is 0 Å². The molecule has 6 nitrogen and oxygen atoms in total. The number of rotatable bonds is 10. The fourth-order valence-electron chi connectivity index (χ4n) is 3.28. The first-order valence-electron chi connectivity index (χ1n) is 10.9. The number of hydrogen-bond acceptors (Lipinski definition) is 4. The second kappa shape index (κ2) is 11.7. The average Bonchev–Trinajstić information content (AvgIpc) is 2.84. The van der Waals surface area contributed by atoms with Gasteiger partial charge in [0.1, 0.15) is 0 Å². The van der Waals surface area contributed by atoms with Crippen LogP contribution in [0.2, 0.25) is 10.0 Å². The van der Waals surface area contributed by atoms with Gasteiger partial charge in [-0.3, -0.25) is 8.87 Å². The largest absolute Gasteiger partial charge is 0.402 e. The molecule has 0 aliphatic heterocycles. The number of nitrogens with zero attached hydrogens (tertiary/aromatic N) is 1. The smallest absolute Gasteiger partial charge is 0.320 e. The summed E-state index contributed by atoms with van der Waals surface area (Å²) in [6, 6.07) is 15.4. The topological polar surface area (TPSA) is 83.9 Å². The van der Waals surface area contributed by atoms with Crippen LogP contribution in [0.1, 0.15) is 31.4 Å². The van der Waals surface area contributed by atoms with E-state index in [2.05, 4.69) is 15.9 Å². The molecule has 0 saturated heterocycles. The number of halogens is 5. The highest BCUT2D eigenvalue weighted by Gasteiger charge is 2.54. The maximum absolute atomic E-state index is 15.0. The predicted molar refractivity (Wildman–Crippen MR) is 145 cm³/mol. The highest BCUT2D eigenvalue weighted by atomic mass is 79.9. The molecule has 0 aromatic heterocycles. The maximum Gasteiger partial charge on any atom is 0.402 e. The molecule has 0 fully saturated rings. The molecule has 0 amide bonds. The number of anilines is 1. The Morgan fingerprint density at radius 3 is 2.30 bits per heavy atom. The van der Waals surface area contributed by atoms with Gasteiger partial charge in [0.2, 0.25) is 0 Å². The zero-order valence-electron chi connectivity index (χ0n) is 19.6. The Hall–Kier alpha value is -1.52. The van der Waals surface area contributed by atoms with Crippen molar-refractivity contribution in [3.63, 3.8) is 0 Å². The second-order valence-corrected chi connectivity index (χ2v) is 13.5. The summed E-state index contributed by atoms with van der Waals surface area (Å²) in [5.74, 6) is 0. The van der Waals surface area contributed by atoms with Crippen molar-refractivity contribution < 1.29 is 31.2 Å². The van der Waals surface area contributed by atoms with Gasteiger partial charge in [0, 0.05) is 10.0 Å². The van der Waals surface area contributed by atoms with Crippen LogP contribution in [0.15, 0.2) is 76.1 Å². The first-order valence-corrected chi connectivity index (χ1v) is 15.5. The normalized spacial score (nSPS) is 14.7. The third kappa shape index (κ3) is 6.56. The Morgan fingerprint density at radius 2 is 1.73 bits per heavy atom. The van der Waals surface area contributed by atoms with Gasteiger partial charge in [-0.15, -0.1) is 0 Å². The Labute approximate surface area is 232 Å². The number of alkyl halides is 2. The molecule has 3 rings (SSSR count). The van der Waals surface area contributed by atoms with E-state index in [1.54, 1.807) is 25.1 Å². The lowest BCUT2D eigenvalue weighted by Crippen LogP contribution is -2.30. The van der Waals surface area contributed by atoms with Crippen molar-refractivity contribution in [1.82, 2.24) is 0 Å². The van der Waals surface area contributed by atoms with Crippen molar-refractivity contribution in [2.75, 3.05) is 4.31 Å². The van der Waals surface area contributed by atoms with Crippen LogP contribution in [0.3, 0.4) is 0 Å². The summed E-state index contributed by atoms with van der Waals surface area (Å²) in [5, 5.41) is 0.355. The molecule has 0 aliphatic rings. The Bertz CT molecular complexity index is 1430. The van der Waals surface area contributed by atoms with E-state index in [0.717, 1.165) is 10.4 Å². The van der Waals surface area contributed by atoms with Gasteiger partial charge >= 0.3 is 13.3 Å². The Balaban J connectivity index is 2.03.